The van der Waals surface area contributed by atoms with E-state index < -0.39 is 11.9 Å². The van der Waals surface area contributed by atoms with Crippen LogP contribution in [0.2, 0.25) is 0 Å². The third-order valence-corrected chi connectivity index (χ3v) is 5.16. The highest BCUT2D eigenvalue weighted by Gasteiger charge is 2.34. The maximum atomic E-state index is 12.5. The number of carbonyl (C=O) groups excluding carboxylic acids is 3. The van der Waals surface area contributed by atoms with Crippen molar-refractivity contribution in [3.8, 4) is 0 Å². The number of ether oxygens (including phenoxy) is 1. The maximum absolute atomic E-state index is 12.5. The summed E-state index contributed by atoms with van der Waals surface area (Å²) in [6, 6.07) is 0. The van der Waals surface area contributed by atoms with Gasteiger partial charge in [0.15, 0.2) is 5.13 Å². The van der Waals surface area contributed by atoms with Crippen molar-refractivity contribution in [1.29, 1.82) is 0 Å². The zero-order chi connectivity index (χ0) is 19.3. The predicted molar refractivity (Wildman–Crippen MR) is 99.3 cm³/mol. The van der Waals surface area contributed by atoms with Gasteiger partial charge in [-0.3, -0.25) is 9.59 Å². The van der Waals surface area contributed by atoms with Gasteiger partial charge in [-0.25, -0.2) is 9.78 Å². The first-order valence-electron chi connectivity index (χ1n) is 8.69. The highest BCUT2D eigenvalue weighted by Crippen LogP contribution is 2.25. The van der Waals surface area contributed by atoms with E-state index in [0.717, 1.165) is 24.3 Å². The van der Waals surface area contributed by atoms with Gasteiger partial charge in [0, 0.05) is 19.5 Å². The summed E-state index contributed by atoms with van der Waals surface area (Å²) in [5, 5.41) is 3.09. The van der Waals surface area contributed by atoms with Crippen LogP contribution in [0.5, 0.6) is 0 Å². The van der Waals surface area contributed by atoms with Crippen molar-refractivity contribution < 1.29 is 19.1 Å². The minimum atomic E-state index is -0.439. The zero-order valence-corrected chi connectivity index (χ0v) is 16.5. The highest BCUT2D eigenvalue weighted by molar-refractivity contribution is 7.17. The molecule has 1 aliphatic rings. The molecule has 144 valence electrons. The molecule has 0 spiro atoms. The molecule has 0 radical (unpaired) electrons. The lowest BCUT2D eigenvalue weighted by atomic mass is 10.1. The lowest BCUT2D eigenvalue weighted by Crippen LogP contribution is -2.30. The first-order chi connectivity index (χ1) is 12.3. The smallest absolute Gasteiger partial charge is 0.350 e. The summed E-state index contributed by atoms with van der Waals surface area (Å²) < 4.78 is 4.97. The molecule has 0 saturated carbocycles. The number of nitrogens with zero attached hydrogens (tertiary/aromatic N) is 3. The molecule has 2 heterocycles. The molecule has 1 atom stereocenters. The number of hydrogen-bond donors (Lipinski definition) is 1. The van der Waals surface area contributed by atoms with Crippen LogP contribution >= 0.6 is 11.3 Å². The largest absolute Gasteiger partial charge is 0.462 e. The van der Waals surface area contributed by atoms with Crippen molar-refractivity contribution in [3.63, 3.8) is 0 Å². The van der Waals surface area contributed by atoms with Crippen LogP contribution in [0.25, 0.3) is 0 Å². The van der Waals surface area contributed by atoms with Crippen LogP contribution in [0, 0.1) is 12.8 Å². The Bertz CT molecular complexity index is 674. The van der Waals surface area contributed by atoms with Crippen LogP contribution in [0.4, 0.5) is 5.13 Å². The standard InChI is InChI=1S/C17H26N4O4S/c1-5-25-16(24)14-11(2)18-17(26-14)19-15(23)12-9-13(22)21(10-12)8-6-7-20(3)4/h12H,5-10H2,1-4H3,(H,18,19,23). The molecule has 26 heavy (non-hydrogen) atoms. The number of carbonyl (C=O) groups is 3. The third-order valence-electron chi connectivity index (χ3n) is 4.11. The molecule has 1 saturated heterocycles. The van der Waals surface area contributed by atoms with E-state index in [1.165, 1.54) is 0 Å². The van der Waals surface area contributed by atoms with Crippen molar-refractivity contribution in [2.24, 2.45) is 5.92 Å². The number of aryl methyl sites for hydroxylation is 1. The minimum absolute atomic E-state index is 0.00596. The van der Waals surface area contributed by atoms with E-state index in [4.69, 9.17) is 4.74 Å². The molecule has 1 aliphatic heterocycles. The first kappa shape index (κ1) is 20.3. The molecule has 0 aliphatic carbocycles. The number of esters is 1. The summed E-state index contributed by atoms with van der Waals surface area (Å²) in [6.45, 7) is 5.70. The molecule has 2 rings (SSSR count). The van der Waals surface area contributed by atoms with Gasteiger partial charge in [-0.1, -0.05) is 11.3 Å². The number of anilines is 1. The fraction of sp³-hybridized carbons (Fsp3) is 0.647. The average molecular weight is 382 g/mol. The van der Waals surface area contributed by atoms with Gasteiger partial charge in [-0.15, -0.1) is 0 Å². The number of rotatable bonds is 8. The summed E-state index contributed by atoms with van der Waals surface area (Å²) in [4.78, 5) is 44.8. The molecule has 1 N–H and O–H groups in total. The summed E-state index contributed by atoms with van der Waals surface area (Å²) in [6.07, 6.45) is 1.09. The Hall–Kier alpha value is -2.00. The average Bonchev–Trinajstić information content (AvgIpc) is 3.10. The van der Waals surface area contributed by atoms with Gasteiger partial charge in [-0.2, -0.15) is 0 Å². The van der Waals surface area contributed by atoms with Crippen molar-refractivity contribution in [1.82, 2.24) is 14.8 Å². The topological polar surface area (TPSA) is 91.8 Å². The van der Waals surface area contributed by atoms with E-state index in [2.05, 4.69) is 15.2 Å². The number of nitrogens with one attached hydrogen (secondary N) is 1. The fourth-order valence-electron chi connectivity index (χ4n) is 2.79. The van der Waals surface area contributed by atoms with E-state index in [-0.39, 0.29) is 24.8 Å². The lowest BCUT2D eigenvalue weighted by Gasteiger charge is -2.17. The van der Waals surface area contributed by atoms with Gasteiger partial charge in [0.2, 0.25) is 11.8 Å². The van der Waals surface area contributed by atoms with Crippen molar-refractivity contribution in [2.75, 3.05) is 45.7 Å². The molecule has 9 heteroatoms. The van der Waals surface area contributed by atoms with E-state index in [1.54, 1.807) is 18.7 Å². The van der Waals surface area contributed by atoms with E-state index >= 15 is 0 Å². The Morgan fingerprint density at radius 3 is 2.81 bits per heavy atom. The molecule has 1 aromatic heterocycles. The van der Waals surface area contributed by atoms with Gasteiger partial charge < -0.3 is 19.9 Å². The molecular weight excluding hydrogens is 356 g/mol. The Kier molecular flexibility index (Phi) is 7.10. The van der Waals surface area contributed by atoms with E-state index in [1.807, 2.05) is 14.1 Å². The normalized spacial score (nSPS) is 17.0. The summed E-state index contributed by atoms with van der Waals surface area (Å²) in [5.74, 6) is -1.06. The predicted octanol–water partition coefficient (Wildman–Crippen LogP) is 1.37. The van der Waals surface area contributed by atoms with Gasteiger partial charge >= 0.3 is 5.97 Å². The monoisotopic (exact) mass is 382 g/mol. The summed E-state index contributed by atoms with van der Waals surface area (Å²) >= 11 is 1.09. The number of hydrogen-bond acceptors (Lipinski definition) is 7. The van der Waals surface area contributed by atoms with Crippen LogP contribution < -0.4 is 5.32 Å². The maximum Gasteiger partial charge on any atom is 0.350 e. The summed E-state index contributed by atoms with van der Waals surface area (Å²) in [7, 11) is 3.98. The molecule has 1 unspecified atom stereocenters. The number of likely N-dealkylation sites (tertiary alicyclic amines) is 1. The highest BCUT2D eigenvalue weighted by atomic mass is 32.1. The fourth-order valence-corrected chi connectivity index (χ4v) is 3.65. The van der Waals surface area contributed by atoms with Gasteiger partial charge in [0.25, 0.3) is 0 Å². The molecule has 2 amide bonds. The molecule has 0 aromatic carbocycles. The van der Waals surface area contributed by atoms with Crippen molar-refractivity contribution in [2.45, 2.75) is 26.7 Å². The number of thiazole rings is 1. The Morgan fingerprint density at radius 1 is 1.42 bits per heavy atom. The van der Waals surface area contributed by atoms with Crippen LogP contribution in [0.15, 0.2) is 0 Å². The van der Waals surface area contributed by atoms with Gasteiger partial charge in [-0.05, 0) is 40.9 Å². The first-order valence-corrected chi connectivity index (χ1v) is 9.51. The SMILES string of the molecule is CCOC(=O)c1sc(NC(=O)C2CC(=O)N(CCCN(C)C)C2)nc1C. The van der Waals surface area contributed by atoms with Crippen LogP contribution in [-0.4, -0.2) is 72.9 Å². The quantitative estimate of drug-likeness (QED) is 0.683. The second kappa shape index (κ2) is 9.09. The zero-order valence-electron chi connectivity index (χ0n) is 15.7. The second-order valence-corrected chi connectivity index (χ2v) is 7.54. The van der Waals surface area contributed by atoms with Gasteiger partial charge in [0.1, 0.15) is 4.88 Å². The Morgan fingerprint density at radius 2 is 2.15 bits per heavy atom. The molecule has 1 fully saturated rings. The van der Waals surface area contributed by atoms with Crippen LogP contribution in [-0.2, 0) is 14.3 Å². The lowest BCUT2D eigenvalue weighted by molar-refractivity contribution is -0.128. The van der Waals surface area contributed by atoms with E-state index in [9.17, 15) is 14.4 Å². The van der Waals surface area contributed by atoms with Crippen LogP contribution in [0.1, 0.15) is 35.1 Å². The molecule has 1 aromatic rings. The number of aromatic nitrogens is 1. The second-order valence-electron chi connectivity index (χ2n) is 6.54. The molecule has 8 nitrogen and oxygen atoms in total. The van der Waals surface area contributed by atoms with E-state index in [0.29, 0.717) is 28.8 Å². The number of amides is 2. The minimum Gasteiger partial charge on any atom is -0.462 e. The molecule has 0 bridgehead atoms. The summed E-state index contributed by atoms with van der Waals surface area (Å²) in [5.41, 5.74) is 0.525. The van der Waals surface area contributed by atoms with Crippen molar-refractivity contribution in [3.05, 3.63) is 10.6 Å². The van der Waals surface area contributed by atoms with Gasteiger partial charge in [0.05, 0.1) is 18.2 Å². The Labute approximate surface area is 157 Å². The molecular formula is C17H26N4O4S. The Balaban J connectivity index is 1.91. The third kappa shape index (κ3) is 5.25. The van der Waals surface area contributed by atoms with Crippen LogP contribution in [0.3, 0.4) is 0 Å². The van der Waals surface area contributed by atoms with Crippen molar-refractivity contribution >= 4 is 34.3 Å².